The lowest BCUT2D eigenvalue weighted by Crippen LogP contribution is -2.59. The summed E-state index contributed by atoms with van der Waals surface area (Å²) in [4.78, 5) is 30.5. The van der Waals surface area contributed by atoms with E-state index in [1.807, 2.05) is 56.9 Å². The standard InChI is InChI=1S/C37H48N4O8S/c1-22-19-40(20-23(2)47-22)35(43)37-21-41-30-17-25(34(42)38-50(44,45)39(5)6)13-15-28(30)31(24-11-9-8-10-12-24)32(41)27-16-14-26(46-7)18-29(27)33(37)48-36(3,4)49-37/h13-18,22-24,33H,8-12,19-21H2,1-7H3,(H,38,42)/t22-,23+,33-,37+/m0/s1. The molecule has 0 radical (unpaired) electrons. The lowest BCUT2D eigenvalue weighted by atomic mass is 9.80. The van der Waals surface area contributed by atoms with Gasteiger partial charge in [-0.1, -0.05) is 25.3 Å². The average molecular weight is 709 g/mol. The highest BCUT2D eigenvalue weighted by molar-refractivity contribution is 7.87. The number of morpholine rings is 1. The summed E-state index contributed by atoms with van der Waals surface area (Å²) in [6.45, 7) is 8.51. The van der Waals surface area contributed by atoms with E-state index in [0.29, 0.717) is 18.8 Å². The van der Waals surface area contributed by atoms with Crippen LogP contribution in [-0.2, 0) is 35.8 Å². The van der Waals surface area contributed by atoms with Gasteiger partial charge in [-0.15, -0.1) is 0 Å². The van der Waals surface area contributed by atoms with Crippen molar-refractivity contribution >= 4 is 32.9 Å². The molecule has 4 heterocycles. The van der Waals surface area contributed by atoms with Crippen LogP contribution in [0.3, 0.4) is 0 Å². The molecule has 3 aliphatic heterocycles. The van der Waals surface area contributed by atoms with Gasteiger partial charge in [-0.25, -0.2) is 4.72 Å². The molecule has 1 N–H and O–H groups in total. The normalized spacial score (nSPS) is 26.6. The number of benzene rings is 2. The molecule has 50 heavy (non-hydrogen) atoms. The van der Waals surface area contributed by atoms with Crippen molar-refractivity contribution in [2.75, 3.05) is 34.3 Å². The maximum Gasteiger partial charge on any atom is 0.303 e. The molecule has 4 atom stereocenters. The number of nitrogens with zero attached hydrogens (tertiary/aromatic N) is 3. The average Bonchev–Trinajstić information content (AvgIpc) is 3.50. The number of carbonyl (C=O) groups excluding carboxylic acids is 2. The second-order valence-corrected chi connectivity index (χ2v) is 16.8. The Morgan fingerprint density at radius 1 is 1.00 bits per heavy atom. The van der Waals surface area contributed by atoms with Crippen LogP contribution < -0.4 is 9.46 Å². The Hall–Kier alpha value is -3.49. The topological polar surface area (TPSA) is 129 Å². The maximum atomic E-state index is 15.2. The van der Waals surface area contributed by atoms with E-state index < -0.39 is 33.6 Å². The lowest BCUT2D eigenvalue weighted by molar-refractivity contribution is -0.188. The molecule has 13 heteroatoms. The van der Waals surface area contributed by atoms with Crippen LogP contribution in [0.4, 0.5) is 0 Å². The van der Waals surface area contributed by atoms with Crippen molar-refractivity contribution in [3.8, 4) is 17.0 Å². The van der Waals surface area contributed by atoms with E-state index in [9.17, 15) is 13.2 Å². The highest BCUT2D eigenvalue weighted by Crippen LogP contribution is 2.56. The molecular weight excluding hydrogens is 660 g/mol. The molecule has 0 bridgehead atoms. The van der Waals surface area contributed by atoms with Crippen molar-refractivity contribution < 1.29 is 37.0 Å². The van der Waals surface area contributed by atoms with Crippen molar-refractivity contribution in [1.29, 1.82) is 0 Å². The summed E-state index contributed by atoms with van der Waals surface area (Å²) in [5.41, 5.74) is 3.25. The van der Waals surface area contributed by atoms with Gasteiger partial charge in [0.05, 0.1) is 31.6 Å². The lowest BCUT2D eigenvalue weighted by Gasteiger charge is -2.41. The van der Waals surface area contributed by atoms with Gasteiger partial charge in [0.25, 0.3) is 11.8 Å². The van der Waals surface area contributed by atoms with E-state index >= 15 is 4.79 Å². The van der Waals surface area contributed by atoms with E-state index in [1.165, 1.54) is 20.5 Å². The fourth-order valence-electron chi connectivity index (χ4n) is 8.54. The largest absolute Gasteiger partial charge is 0.497 e. The predicted molar refractivity (Wildman–Crippen MR) is 188 cm³/mol. The van der Waals surface area contributed by atoms with Gasteiger partial charge in [-0.05, 0) is 87.9 Å². The Balaban J connectivity index is 1.50. The first kappa shape index (κ1) is 34.9. The third kappa shape index (κ3) is 5.90. The molecule has 0 unspecified atom stereocenters. The van der Waals surface area contributed by atoms with E-state index in [0.717, 1.165) is 63.3 Å². The monoisotopic (exact) mass is 708 g/mol. The van der Waals surface area contributed by atoms with Crippen LogP contribution in [0.5, 0.6) is 5.75 Å². The highest BCUT2D eigenvalue weighted by atomic mass is 32.2. The molecule has 2 amide bonds. The Kier molecular flexibility index (Phi) is 8.82. The predicted octanol–water partition coefficient (Wildman–Crippen LogP) is 5.11. The quantitative estimate of drug-likeness (QED) is 0.374. The molecule has 1 aliphatic carbocycles. The second kappa shape index (κ2) is 12.6. The maximum absolute atomic E-state index is 15.2. The van der Waals surface area contributed by atoms with Crippen molar-refractivity contribution in [3.05, 3.63) is 53.1 Å². The molecule has 12 nitrogen and oxygen atoms in total. The van der Waals surface area contributed by atoms with E-state index in [-0.39, 0.29) is 36.1 Å². The summed E-state index contributed by atoms with van der Waals surface area (Å²) in [5.74, 6) is -1.16. The number of nitrogens with one attached hydrogen (secondary N) is 1. The van der Waals surface area contributed by atoms with Crippen molar-refractivity contribution in [3.63, 3.8) is 0 Å². The fourth-order valence-corrected chi connectivity index (χ4v) is 9.07. The number of hydrogen-bond acceptors (Lipinski definition) is 8. The first-order valence-electron chi connectivity index (χ1n) is 17.6. The molecule has 3 aromatic rings. The van der Waals surface area contributed by atoms with Gasteiger partial charge in [0.2, 0.25) is 0 Å². The summed E-state index contributed by atoms with van der Waals surface area (Å²) >= 11 is 0. The van der Waals surface area contributed by atoms with Gasteiger partial charge in [-0.2, -0.15) is 12.7 Å². The molecule has 1 aromatic heterocycles. The summed E-state index contributed by atoms with van der Waals surface area (Å²) < 4.78 is 56.0. The number of methoxy groups -OCH3 is 1. The molecule has 0 spiro atoms. The van der Waals surface area contributed by atoms with Crippen LogP contribution >= 0.6 is 0 Å². The number of ether oxygens (including phenoxy) is 4. The zero-order chi connectivity index (χ0) is 35.7. The van der Waals surface area contributed by atoms with Gasteiger partial charge in [0, 0.05) is 49.2 Å². The number of amides is 2. The molecule has 3 fully saturated rings. The third-order valence-corrected chi connectivity index (χ3v) is 12.0. The van der Waals surface area contributed by atoms with Gasteiger partial charge in [-0.3, -0.25) is 9.59 Å². The number of hydrogen-bond donors (Lipinski definition) is 1. The zero-order valence-electron chi connectivity index (χ0n) is 29.9. The molecular formula is C37H48N4O8S. The number of carbonyl (C=O) groups is 2. The minimum absolute atomic E-state index is 0.108. The molecule has 4 aliphatic rings. The van der Waals surface area contributed by atoms with Gasteiger partial charge < -0.3 is 28.4 Å². The molecule has 1 saturated carbocycles. The van der Waals surface area contributed by atoms with Crippen LogP contribution in [0.2, 0.25) is 0 Å². The molecule has 2 saturated heterocycles. The first-order valence-corrected chi connectivity index (χ1v) is 19.0. The molecule has 270 valence electrons. The summed E-state index contributed by atoms with van der Waals surface area (Å²) in [7, 11) is 0.320. The van der Waals surface area contributed by atoms with Crippen LogP contribution in [-0.4, -0.2) is 91.9 Å². The minimum Gasteiger partial charge on any atom is -0.497 e. The van der Waals surface area contributed by atoms with Crippen molar-refractivity contribution in [2.24, 2.45) is 0 Å². The Morgan fingerprint density at radius 3 is 2.36 bits per heavy atom. The fraction of sp³-hybridized carbons (Fsp3) is 0.568. The van der Waals surface area contributed by atoms with Crippen LogP contribution in [0, 0.1) is 0 Å². The van der Waals surface area contributed by atoms with E-state index in [2.05, 4.69) is 9.29 Å². The SMILES string of the molecule is COc1ccc2c(c1)[C@@H]1OC(C)(C)O[C@]1(C(=O)N1C[C@@H](C)O[C@@H](C)C1)Cn1c-2c(C2CCCCC2)c2ccc(C(=O)NS(=O)(=O)N(C)C)cc21. The minimum atomic E-state index is -4.03. The Bertz CT molecular complexity index is 1940. The summed E-state index contributed by atoms with van der Waals surface area (Å²) in [6, 6.07) is 11.3. The Labute approximate surface area is 294 Å². The van der Waals surface area contributed by atoms with Crippen LogP contribution in [0.15, 0.2) is 36.4 Å². The zero-order valence-corrected chi connectivity index (χ0v) is 30.8. The number of fused-ring (bicyclic) bond motifs is 7. The molecule has 2 aromatic carbocycles. The Morgan fingerprint density at radius 2 is 1.70 bits per heavy atom. The highest BCUT2D eigenvalue weighted by Gasteiger charge is 2.62. The van der Waals surface area contributed by atoms with E-state index in [1.54, 1.807) is 19.2 Å². The molecule has 7 rings (SSSR count). The second-order valence-electron chi connectivity index (χ2n) is 14.9. The van der Waals surface area contributed by atoms with Gasteiger partial charge in [0.1, 0.15) is 11.9 Å². The first-order chi connectivity index (χ1) is 23.6. The smallest absolute Gasteiger partial charge is 0.303 e. The van der Waals surface area contributed by atoms with Crippen LogP contribution in [0.25, 0.3) is 22.2 Å². The summed E-state index contributed by atoms with van der Waals surface area (Å²) in [6.07, 6.45) is 4.31. The van der Waals surface area contributed by atoms with Crippen molar-refractivity contribution in [2.45, 2.75) is 102 Å². The van der Waals surface area contributed by atoms with Crippen LogP contribution in [0.1, 0.15) is 93.3 Å². The third-order valence-electron chi connectivity index (χ3n) is 10.6. The van der Waals surface area contributed by atoms with Gasteiger partial charge in [0.15, 0.2) is 11.4 Å². The van der Waals surface area contributed by atoms with Gasteiger partial charge >= 0.3 is 10.2 Å². The van der Waals surface area contributed by atoms with Crippen molar-refractivity contribution in [1.82, 2.24) is 18.5 Å². The number of rotatable bonds is 6. The van der Waals surface area contributed by atoms with E-state index in [4.69, 9.17) is 18.9 Å². The number of aromatic nitrogens is 1. The summed E-state index contributed by atoms with van der Waals surface area (Å²) in [5, 5.41) is 0.966.